The highest BCUT2D eigenvalue weighted by atomic mass is 16.1. The van der Waals surface area contributed by atoms with Crippen molar-refractivity contribution in [2.75, 3.05) is 6.54 Å². The predicted octanol–water partition coefficient (Wildman–Crippen LogP) is 2.95. The molecule has 2 aromatic rings. The Hall–Kier alpha value is -1.77. The van der Waals surface area contributed by atoms with Crippen molar-refractivity contribution in [3.8, 4) is 0 Å². The minimum absolute atomic E-state index is 0.153. The lowest BCUT2D eigenvalue weighted by atomic mass is 10.1. The molecule has 0 radical (unpaired) electrons. The maximum absolute atomic E-state index is 11.5. The maximum Gasteiger partial charge on any atom is 0.219 e. The van der Waals surface area contributed by atoms with Crippen molar-refractivity contribution in [3.63, 3.8) is 0 Å². The second kappa shape index (κ2) is 5.91. The van der Waals surface area contributed by atoms with E-state index in [2.05, 4.69) is 48.1 Å². The van der Waals surface area contributed by atoms with E-state index in [9.17, 15) is 4.79 Å². The molecular weight excluding hydrogens is 236 g/mol. The van der Waals surface area contributed by atoms with Gasteiger partial charge in [0.1, 0.15) is 0 Å². The van der Waals surface area contributed by atoms with Crippen LogP contribution in [0.1, 0.15) is 31.0 Å². The molecule has 0 spiro atoms. The topological polar surface area (TPSA) is 34.0 Å². The Kier molecular flexibility index (Phi) is 4.25. The fourth-order valence-corrected chi connectivity index (χ4v) is 2.56. The van der Waals surface area contributed by atoms with E-state index < -0.39 is 0 Å². The molecule has 0 bridgehead atoms. The molecule has 1 amide bonds. The molecule has 0 fully saturated rings. The van der Waals surface area contributed by atoms with Gasteiger partial charge in [-0.25, -0.2) is 0 Å². The zero-order chi connectivity index (χ0) is 13.8. The van der Waals surface area contributed by atoms with Gasteiger partial charge in [-0.2, -0.15) is 0 Å². The van der Waals surface area contributed by atoms with Gasteiger partial charge < -0.3 is 9.88 Å². The molecule has 0 atom stereocenters. The maximum atomic E-state index is 11.5. The quantitative estimate of drug-likeness (QED) is 0.879. The number of fused-ring (bicyclic) bond motifs is 1. The van der Waals surface area contributed by atoms with Gasteiger partial charge in [0.05, 0.1) is 0 Å². The standard InChI is InChI=1S/C16H22N2O/c1-4-7-16(19)17-11-10-13-12(2)18(3)15-9-6-5-8-14(13)15/h5-6,8-9H,4,7,10-11H2,1-3H3,(H,17,19). The lowest BCUT2D eigenvalue weighted by molar-refractivity contribution is -0.121. The van der Waals surface area contributed by atoms with Gasteiger partial charge >= 0.3 is 0 Å². The number of amides is 1. The fourth-order valence-electron chi connectivity index (χ4n) is 2.56. The Morgan fingerprint density at radius 3 is 2.79 bits per heavy atom. The Morgan fingerprint density at radius 1 is 1.32 bits per heavy atom. The molecule has 0 aliphatic rings. The van der Waals surface area contributed by atoms with Crippen molar-refractivity contribution in [2.24, 2.45) is 7.05 Å². The Labute approximate surface area is 114 Å². The number of hydrogen-bond donors (Lipinski definition) is 1. The van der Waals surface area contributed by atoms with E-state index >= 15 is 0 Å². The van der Waals surface area contributed by atoms with Crippen LogP contribution in [-0.2, 0) is 18.3 Å². The summed E-state index contributed by atoms with van der Waals surface area (Å²) in [5.74, 6) is 0.153. The Balaban J connectivity index is 2.12. The number of hydrogen-bond acceptors (Lipinski definition) is 1. The molecule has 3 nitrogen and oxygen atoms in total. The molecule has 2 rings (SSSR count). The average molecular weight is 258 g/mol. The van der Waals surface area contributed by atoms with E-state index in [0.29, 0.717) is 13.0 Å². The average Bonchev–Trinajstić information content (AvgIpc) is 2.65. The number of nitrogens with zero attached hydrogens (tertiary/aromatic N) is 1. The molecule has 0 saturated heterocycles. The molecule has 0 aliphatic carbocycles. The van der Waals surface area contributed by atoms with Crippen LogP contribution < -0.4 is 5.32 Å². The molecule has 1 aromatic carbocycles. The van der Waals surface area contributed by atoms with Gasteiger partial charge in [0.2, 0.25) is 5.91 Å². The van der Waals surface area contributed by atoms with Gasteiger partial charge in [-0.3, -0.25) is 4.79 Å². The van der Waals surface area contributed by atoms with E-state index in [0.717, 1.165) is 12.8 Å². The summed E-state index contributed by atoms with van der Waals surface area (Å²) in [6.07, 6.45) is 2.41. The van der Waals surface area contributed by atoms with Crippen LogP contribution >= 0.6 is 0 Å². The number of nitrogens with one attached hydrogen (secondary N) is 1. The van der Waals surface area contributed by atoms with Crippen molar-refractivity contribution in [2.45, 2.75) is 33.1 Å². The third-order valence-corrected chi connectivity index (χ3v) is 3.70. The number of carbonyl (C=O) groups is 1. The largest absolute Gasteiger partial charge is 0.356 e. The SMILES string of the molecule is CCCC(=O)NCCc1c(C)n(C)c2ccccc12. The van der Waals surface area contributed by atoms with E-state index in [-0.39, 0.29) is 5.91 Å². The Morgan fingerprint density at radius 2 is 2.05 bits per heavy atom. The number of carbonyl (C=O) groups excluding carboxylic acids is 1. The van der Waals surface area contributed by atoms with E-state index in [1.165, 1.54) is 22.2 Å². The minimum Gasteiger partial charge on any atom is -0.356 e. The molecule has 19 heavy (non-hydrogen) atoms. The van der Waals surface area contributed by atoms with Crippen LogP contribution in [0.4, 0.5) is 0 Å². The third kappa shape index (κ3) is 2.80. The first-order valence-corrected chi connectivity index (χ1v) is 6.94. The van der Waals surface area contributed by atoms with Gasteiger partial charge in [0.15, 0.2) is 0 Å². The number of aryl methyl sites for hydroxylation is 1. The highest BCUT2D eigenvalue weighted by molar-refractivity contribution is 5.85. The summed E-state index contributed by atoms with van der Waals surface area (Å²) in [7, 11) is 2.09. The van der Waals surface area contributed by atoms with Gasteiger partial charge in [-0.15, -0.1) is 0 Å². The number of benzene rings is 1. The zero-order valence-corrected chi connectivity index (χ0v) is 12.0. The smallest absolute Gasteiger partial charge is 0.219 e. The lowest BCUT2D eigenvalue weighted by Gasteiger charge is -2.05. The van der Waals surface area contributed by atoms with Crippen molar-refractivity contribution in [1.82, 2.24) is 9.88 Å². The highest BCUT2D eigenvalue weighted by Crippen LogP contribution is 2.24. The summed E-state index contributed by atoms with van der Waals surface area (Å²) in [4.78, 5) is 11.5. The van der Waals surface area contributed by atoms with Gasteiger partial charge in [-0.05, 0) is 31.4 Å². The number of para-hydroxylation sites is 1. The molecule has 1 heterocycles. The third-order valence-electron chi connectivity index (χ3n) is 3.70. The first-order valence-electron chi connectivity index (χ1n) is 6.94. The van der Waals surface area contributed by atoms with Crippen molar-refractivity contribution >= 4 is 16.8 Å². The first-order chi connectivity index (χ1) is 9.15. The lowest BCUT2D eigenvalue weighted by Crippen LogP contribution is -2.25. The molecule has 1 aromatic heterocycles. The van der Waals surface area contributed by atoms with Crippen LogP contribution in [0.2, 0.25) is 0 Å². The molecular formula is C16H22N2O. The Bertz CT molecular complexity index is 584. The number of rotatable bonds is 5. The van der Waals surface area contributed by atoms with Crippen LogP contribution in [-0.4, -0.2) is 17.0 Å². The second-order valence-electron chi connectivity index (χ2n) is 4.99. The summed E-state index contributed by atoms with van der Waals surface area (Å²) >= 11 is 0. The molecule has 0 unspecified atom stereocenters. The van der Waals surface area contributed by atoms with Crippen LogP contribution in [0.3, 0.4) is 0 Å². The van der Waals surface area contributed by atoms with E-state index in [1.54, 1.807) is 0 Å². The first kappa shape index (κ1) is 13.7. The summed E-state index contributed by atoms with van der Waals surface area (Å²) in [6, 6.07) is 8.43. The molecule has 3 heteroatoms. The minimum atomic E-state index is 0.153. The van der Waals surface area contributed by atoms with Gasteiger partial charge in [-0.1, -0.05) is 25.1 Å². The van der Waals surface area contributed by atoms with Crippen LogP contribution in [0.25, 0.3) is 10.9 Å². The summed E-state index contributed by atoms with van der Waals surface area (Å²) in [5, 5.41) is 4.28. The number of aromatic nitrogens is 1. The monoisotopic (exact) mass is 258 g/mol. The van der Waals surface area contributed by atoms with E-state index in [4.69, 9.17) is 0 Å². The van der Waals surface area contributed by atoms with Gasteiger partial charge in [0.25, 0.3) is 0 Å². The molecule has 0 saturated carbocycles. The normalized spacial score (nSPS) is 10.9. The molecule has 0 aliphatic heterocycles. The van der Waals surface area contributed by atoms with Crippen molar-refractivity contribution < 1.29 is 4.79 Å². The summed E-state index contributed by atoms with van der Waals surface area (Å²) in [6.45, 7) is 4.88. The summed E-state index contributed by atoms with van der Waals surface area (Å²) in [5.41, 5.74) is 3.88. The second-order valence-corrected chi connectivity index (χ2v) is 4.99. The van der Waals surface area contributed by atoms with Crippen molar-refractivity contribution in [3.05, 3.63) is 35.5 Å². The molecule has 1 N–H and O–H groups in total. The van der Waals surface area contributed by atoms with Crippen LogP contribution in [0.5, 0.6) is 0 Å². The predicted molar refractivity (Wildman–Crippen MR) is 79.3 cm³/mol. The summed E-state index contributed by atoms with van der Waals surface area (Å²) < 4.78 is 2.22. The van der Waals surface area contributed by atoms with Crippen molar-refractivity contribution in [1.29, 1.82) is 0 Å². The fraction of sp³-hybridized carbons (Fsp3) is 0.438. The van der Waals surface area contributed by atoms with E-state index in [1.807, 2.05) is 6.92 Å². The highest BCUT2D eigenvalue weighted by Gasteiger charge is 2.11. The van der Waals surface area contributed by atoms with Gasteiger partial charge in [0, 0.05) is 36.6 Å². The van der Waals surface area contributed by atoms with Crippen LogP contribution in [0, 0.1) is 6.92 Å². The molecule has 102 valence electrons. The zero-order valence-electron chi connectivity index (χ0n) is 12.0. The van der Waals surface area contributed by atoms with Crippen LogP contribution in [0.15, 0.2) is 24.3 Å².